The Balaban J connectivity index is 0.000000461. The third-order valence-corrected chi connectivity index (χ3v) is 1.43. The van der Waals surface area contributed by atoms with E-state index in [9.17, 15) is 0 Å². The Morgan fingerprint density at radius 3 is 2.55 bits per heavy atom. The Hall–Kier alpha value is -0.830. The molecule has 0 aliphatic heterocycles. The average molecular weight is 156 g/mol. The van der Waals surface area contributed by atoms with Gasteiger partial charge in [-0.25, -0.2) is 0 Å². The van der Waals surface area contributed by atoms with Crippen molar-refractivity contribution in [1.29, 1.82) is 0 Å². The van der Waals surface area contributed by atoms with Crippen LogP contribution >= 0.6 is 0 Å². The fourth-order valence-corrected chi connectivity index (χ4v) is 0.903. The largest absolute Gasteiger partial charge is 0.400 e. The van der Waals surface area contributed by atoms with Crippen molar-refractivity contribution < 1.29 is 5.11 Å². The lowest BCUT2D eigenvalue weighted by Crippen LogP contribution is -1.96. The third-order valence-electron chi connectivity index (χ3n) is 1.43. The summed E-state index contributed by atoms with van der Waals surface area (Å²) in [5.74, 6) is 0. The van der Waals surface area contributed by atoms with Crippen molar-refractivity contribution in [3.63, 3.8) is 0 Å². The molecule has 3 nitrogen and oxygen atoms in total. The standard InChI is InChI=1S/C7H12N2.CH4O/c1-3-4-7-5-6-8-9(7)2;1-2/h5-6H,3-4H2,1-2H3;2H,1H3. The van der Waals surface area contributed by atoms with E-state index in [4.69, 9.17) is 5.11 Å². The summed E-state index contributed by atoms with van der Waals surface area (Å²) in [6.07, 6.45) is 4.17. The number of rotatable bonds is 2. The molecule has 0 saturated carbocycles. The normalized spacial score (nSPS) is 8.73. The molecule has 0 aromatic carbocycles. The van der Waals surface area contributed by atoms with Gasteiger partial charge in [-0.15, -0.1) is 0 Å². The molecule has 0 aliphatic rings. The van der Waals surface area contributed by atoms with Gasteiger partial charge in [0.25, 0.3) is 0 Å². The SMILES string of the molecule is CCCc1ccnn1C.CO. The van der Waals surface area contributed by atoms with E-state index >= 15 is 0 Å². The van der Waals surface area contributed by atoms with Crippen LogP contribution in [-0.2, 0) is 13.5 Å². The molecule has 1 heterocycles. The first kappa shape index (κ1) is 10.2. The Morgan fingerprint density at radius 2 is 2.18 bits per heavy atom. The van der Waals surface area contributed by atoms with Crippen molar-refractivity contribution in [3.05, 3.63) is 18.0 Å². The van der Waals surface area contributed by atoms with Crippen molar-refractivity contribution >= 4 is 0 Å². The van der Waals surface area contributed by atoms with Gasteiger partial charge in [-0.1, -0.05) is 13.3 Å². The van der Waals surface area contributed by atoms with E-state index in [0.717, 1.165) is 13.5 Å². The van der Waals surface area contributed by atoms with E-state index in [-0.39, 0.29) is 0 Å². The number of nitrogens with zero attached hydrogens (tertiary/aromatic N) is 2. The Labute approximate surface area is 67.7 Å². The van der Waals surface area contributed by atoms with Crippen LogP contribution in [0.25, 0.3) is 0 Å². The van der Waals surface area contributed by atoms with E-state index in [0.29, 0.717) is 0 Å². The molecular weight excluding hydrogens is 140 g/mol. The molecule has 0 amide bonds. The van der Waals surface area contributed by atoms with Gasteiger partial charge in [0.05, 0.1) is 0 Å². The molecule has 0 atom stereocenters. The van der Waals surface area contributed by atoms with Crippen molar-refractivity contribution in [2.75, 3.05) is 7.11 Å². The average Bonchev–Trinajstić information content (AvgIpc) is 2.42. The van der Waals surface area contributed by atoms with Gasteiger partial charge in [-0.2, -0.15) is 5.10 Å². The number of aliphatic hydroxyl groups is 1. The second kappa shape index (κ2) is 5.92. The van der Waals surface area contributed by atoms with Crippen LogP contribution in [0.3, 0.4) is 0 Å². The van der Waals surface area contributed by atoms with Gasteiger partial charge in [0, 0.05) is 26.0 Å². The quantitative estimate of drug-likeness (QED) is 0.693. The summed E-state index contributed by atoms with van der Waals surface area (Å²) >= 11 is 0. The lowest BCUT2D eigenvalue weighted by molar-refractivity contribution is 0.399. The minimum absolute atomic E-state index is 1.00. The van der Waals surface area contributed by atoms with Crippen molar-refractivity contribution in [3.8, 4) is 0 Å². The molecule has 0 saturated heterocycles. The van der Waals surface area contributed by atoms with Crippen LogP contribution in [0.2, 0.25) is 0 Å². The Kier molecular flexibility index (Phi) is 5.47. The highest BCUT2D eigenvalue weighted by molar-refractivity contribution is 4.99. The Bertz CT molecular complexity index is 184. The maximum atomic E-state index is 7.00. The molecule has 1 N–H and O–H groups in total. The van der Waals surface area contributed by atoms with Gasteiger partial charge in [-0.05, 0) is 12.5 Å². The highest BCUT2D eigenvalue weighted by Crippen LogP contribution is 1.98. The summed E-state index contributed by atoms with van der Waals surface area (Å²) in [4.78, 5) is 0. The zero-order valence-corrected chi connectivity index (χ0v) is 7.41. The van der Waals surface area contributed by atoms with E-state index in [1.165, 1.54) is 12.1 Å². The summed E-state index contributed by atoms with van der Waals surface area (Å²) in [7, 11) is 2.98. The highest BCUT2D eigenvalue weighted by atomic mass is 16.2. The molecule has 0 spiro atoms. The first-order chi connectivity index (χ1) is 5.34. The molecule has 3 heteroatoms. The molecule has 1 aromatic heterocycles. The molecular formula is C8H16N2O. The van der Waals surface area contributed by atoms with E-state index in [1.807, 2.05) is 17.9 Å². The molecule has 0 radical (unpaired) electrons. The number of aromatic nitrogens is 2. The fourth-order valence-electron chi connectivity index (χ4n) is 0.903. The lowest BCUT2D eigenvalue weighted by Gasteiger charge is -1.96. The number of hydrogen-bond donors (Lipinski definition) is 1. The summed E-state index contributed by atoms with van der Waals surface area (Å²) in [5, 5.41) is 11.1. The predicted molar refractivity (Wildman–Crippen MR) is 45.3 cm³/mol. The van der Waals surface area contributed by atoms with Gasteiger partial charge in [-0.3, -0.25) is 4.68 Å². The second-order valence-corrected chi connectivity index (χ2v) is 2.20. The first-order valence-corrected chi connectivity index (χ1v) is 3.76. The zero-order valence-electron chi connectivity index (χ0n) is 7.41. The van der Waals surface area contributed by atoms with Crippen LogP contribution < -0.4 is 0 Å². The molecule has 0 unspecified atom stereocenters. The summed E-state index contributed by atoms with van der Waals surface area (Å²) in [5.41, 5.74) is 1.32. The molecule has 64 valence electrons. The van der Waals surface area contributed by atoms with Gasteiger partial charge >= 0.3 is 0 Å². The monoisotopic (exact) mass is 156 g/mol. The highest BCUT2D eigenvalue weighted by Gasteiger charge is 1.93. The molecule has 1 rings (SSSR count). The summed E-state index contributed by atoms with van der Waals surface area (Å²) in [6, 6.07) is 2.06. The van der Waals surface area contributed by atoms with Crippen molar-refractivity contribution in [2.45, 2.75) is 19.8 Å². The van der Waals surface area contributed by atoms with E-state index in [2.05, 4.69) is 18.1 Å². The number of aryl methyl sites for hydroxylation is 2. The predicted octanol–water partition coefficient (Wildman–Crippen LogP) is 0.981. The topological polar surface area (TPSA) is 38.0 Å². The van der Waals surface area contributed by atoms with Crippen LogP contribution in [0.5, 0.6) is 0 Å². The van der Waals surface area contributed by atoms with Gasteiger partial charge < -0.3 is 5.11 Å². The van der Waals surface area contributed by atoms with Crippen LogP contribution in [0, 0.1) is 0 Å². The third kappa shape index (κ3) is 3.18. The van der Waals surface area contributed by atoms with Gasteiger partial charge in [0.15, 0.2) is 0 Å². The zero-order chi connectivity index (χ0) is 8.69. The van der Waals surface area contributed by atoms with Crippen molar-refractivity contribution in [2.24, 2.45) is 7.05 Å². The van der Waals surface area contributed by atoms with Crippen LogP contribution in [0.4, 0.5) is 0 Å². The van der Waals surface area contributed by atoms with Crippen LogP contribution in [0.15, 0.2) is 12.3 Å². The Morgan fingerprint density at radius 1 is 1.55 bits per heavy atom. The summed E-state index contributed by atoms with van der Waals surface area (Å²) < 4.78 is 1.92. The summed E-state index contributed by atoms with van der Waals surface area (Å²) in [6.45, 7) is 2.17. The molecule has 0 fully saturated rings. The van der Waals surface area contributed by atoms with Gasteiger partial charge in [0.1, 0.15) is 0 Å². The van der Waals surface area contributed by atoms with Crippen LogP contribution in [0.1, 0.15) is 19.0 Å². The second-order valence-electron chi connectivity index (χ2n) is 2.20. The number of hydrogen-bond acceptors (Lipinski definition) is 2. The molecule has 11 heavy (non-hydrogen) atoms. The smallest absolute Gasteiger partial charge is 0.0492 e. The number of aliphatic hydroxyl groups excluding tert-OH is 1. The minimum atomic E-state index is 1.00. The molecule has 1 aromatic rings. The van der Waals surface area contributed by atoms with Crippen molar-refractivity contribution in [1.82, 2.24) is 9.78 Å². The van der Waals surface area contributed by atoms with Crippen LogP contribution in [-0.4, -0.2) is 22.0 Å². The van der Waals surface area contributed by atoms with E-state index < -0.39 is 0 Å². The maximum absolute atomic E-state index is 7.00. The maximum Gasteiger partial charge on any atom is 0.0492 e. The minimum Gasteiger partial charge on any atom is -0.400 e. The van der Waals surface area contributed by atoms with E-state index in [1.54, 1.807) is 0 Å². The first-order valence-electron chi connectivity index (χ1n) is 3.76. The lowest BCUT2D eigenvalue weighted by atomic mass is 10.2. The van der Waals surface area contributed by atoms with Gasteiger partial charge in [0.2, 0.25) is 0 Å². The molecule has 0 bridgehead atoms. The fraction of sp³-hybridized carbons (Fsp3) is 0.625. The molecule has 0 aliphatic carbocycles.